The Labute approximate surface area is 171 Å². The van der Waals surface area contributed by atoms with Crippen LogP contribution in [0.2, 0.25) is 0 Å². The summed E-state index contributed by atoms with van der Waals surface area (Å²) in [7, 11) is 0. The standard InChI is InChI=1S/C19H23BrN4O2S/c1-19(2,3)11-15(25)24-10-4-5-14(24)16(26)21-18-23-22-17(27-18)12-6-8-13(20)9-7-12/h6-9,14H,4-5,10-11H2,1-3H3,(H,21,23,26). The van der Waals surface area contributed by atoms with E-state index in [1.54, 1.807) is 4.90 Å². The van der Waals surface area contributed by atoms with E-state index in [4.69, 9.17) is 0 Å². The molecule has 2 aromatic rings. The molecule has 0 radical (unpaired) electrons. The monoisotopic (exact) mass is 450 g/mol. The van der Waals surface area contributed by atoms with Crippen LogP contribution < -0.4 is 5.32 Å². The SMILES string of the molecule is CC(C)(C)CC(=O)N1CCCC1C(=O)Nc1nnc(-c2ccc(Br)cc2)s1. The summed E-state index contributed by atoms with van der Waals surface area (Å²) in [6.07, 6.45) is 1.96. The number of amides is 2. The predicted octanol–water partition coefficient (Wildman–Crippen LogP) is 4.33. The van der Waals surface area contributed by atoms with E-state index in [2.05, 4.69) is 31.4 Å². The second-order valence-electron chi connectivity index (χ2n) is 7.89. The van der Waals surface area contributed by atoms with Crippen LogP contribution in [-0.2, 0) is 9.59 Å². The maximum atomic E-state index is 12.7. The lowest BCUT2D eigenvalue weighted by Gasteiger charge is -2.27. The van der Waals surface area contributed by atoms with Crippen LogP contribution in [0.25, 0.3) is 10.6 Å². The van der Waals surface area contributed by atoms with Gasteiger partial charge in [-0.3, -0.25) is 14.9 Å². The van der Waals surface area contributed by atoms with Gasteiger partial charge in [-0.25, -0.2) is 0 Å². The minimum absolute atomic E-state index is 0.0352. The summed E-state index contributed by atoms with van der Waals surface area (Å²) in [6.45, 7) is 6.72. The van der Waals surface area contributed by atoms with Crippen LogP contribution in [0.4, 0.5) is 5.13 Å². The van der Waals surface area contributed by atoms with Gasteiger partial charge < -0.3 is 4.90 Å². The number of carbonyl (C=O) groups is 2. The summed E-state index contributed by atoms with van der Waals surface area (Å²) in [5.41, 5.74) is 0.846. The van der Waals surface area contributed by atoms with Gasteiger partial charge in [-0.1, -0.05) is 60.2 Å². The van der Waals surface area contributed by atoms with E-state index in [0.29, 0.717) is 24.5 Å². The molecule has 0 saturated carbocycles. The van der Waals surface area contributed by atoms with Gasteiger partial charge in [0.25, 0.3) is 0 Å². The third-order valence-electron chi connectivity index (χ3n) is 4.30. The van der Waals surface area contributed by atoms with Crippen LogP contribution in [0.15, 0.2) is 28.7 Å². The Morgan fingerprint density at radius 2 is 1.96 bits per heavy atom. The zero-order chi connectivity index (χ0) is 19.6. The number of likely N-dealkylation sites (tertiary alicyclic amines) is 1. The van der Waals surface area contributed by atoms with Gasteiger partial charge in [-0.2, -0.15) is 0 Å². The largest absolute Gasteiger partial charge is 0.331 e. The average molecular weight is 451 g/mol. The van der Waals surface area contributed by atoms with Gasteiger partial charge in [-0.05, 0) is 30.4 Å². The number of carbonyl (C=O) groups excluding carboxylic acids is 2. The molecule has 1 fully saturated rings. The van der Waals surface area contributed by atoms with Crippen molar-refractivity contribution in [3.63, 3.8) is 0 Å². The van der Waals surface area contributed by atoms with Gasteiger partial charge >= 0.3 is 0 Å². The molecule has 0 bridgehead atoms. The molecule has 3 rings (SSSR count). The Kier molecular flexibility index (Phi) is 5.95. The molecule has 27 heavy (non-hydrogen) atoms. The van der Waals surface area contributed by atoms with Crippen LogP contribution in [0.1, 0.15) is 40.0 Å². The summed E-state index contributed by atoms with van der Waals surface area (Å²) >= 11 is 4.73. The van der Waals surface area contributed by atoms with E-state index in [-0.39, 0.29) is 17.2 Å². The number of anilines is 1. The van der Waals surface area contributed by atoms with E-state index in [0.717, 1.165) is 21.5 Å². The lowest BCUT2D eigenvalue weighted by Crippen LogP contribution is -2.44. The first kappa shape index (κ1) is 19.9. The lowest BCUT2D eigenvalue weighted by molar-refractivity contribution is -0.138. The zero-order valence-corrected chi connectivity index (χ0v) is 18.1. The Morgan fingerprint density at radius 3 is 2.63 bits per heavy atom. The van der Waals surface area contributed by atoms with Crippen molar-refractivity contribution in [3.8, 4) is 10.6 Å². The van der Waals surface area contributed by atoms with Crippen molar-refractivity contribution in [1.82, 2.24) is 15.1 Å². The number of nitrogens with zero attached hydrogens (tertiary/aromatic N) is 3. The Balaban J connectivity index is 1.66. The minimum Gasteiger partial charge on any atom is -0.331 e. The van der Waals surface area contributed by atoms with Crippen molar-refractivity contribution < 1.29 is 9.59 Å². The van der Waals surface area contributed by atoms with Crippen LogP contribution >= 0.6 is 27.3 Å². The molecular formula is C19H23BrN4O2S. The molecule has 6 nitrogen and oxygen atoms in total. The second kappa shape index (κ2) is 8.06. The van der Waals surface area contributed by atoms with Crippen molar-refractivity contribution in [2.24, 2.45) is 5.41 Å². The van der Waals surface area contributed by atoms with E-state index < -0.39 is 6.04 Å². The Bertz CT molecular complexity index is 829. The van der Waals surface area contributed by atoms with Crippen molar-refractivity contribution in [2.75, 3.05) is 11.9 Å². The molecule has 1 unspecified atom stereocenters. The third kappa shape index (κ3) is 5.13. The number of halogens is 1. The maximum Gasteiger partial charge on any atom is 0.249 e. The van der Waals surface area contributed by atoms with Gasteiger partial charge in [-0.15, -0.1) is 10.2 Å². The molecular weight excluding hydrogens is 428 g/mol. The summed E-state index contributed by atoms with van der Waals surface area (Å²) in [5.74, 6) is -0.152. The van der Waals surface area contributed by atoms with Crippen molar-refractivity contribution in [2.45, 2.75) is 46.1 Å². The lowest BCUT2D eigenvalue weighted by atomic mass is 9.91. The van der Waals surface area contributed by atoms with Crippen molar-refractivity contribution in [3.05, 3.63) is 28.7 Å². The number of hydrogen-bond donors (Lipinski definition) is 1. The molecule has 1 N–H and O–H groups in total. The van der Waals surface area contributed by atoms with Gasteiger partial charge in [0.05, 0.1) is 0 Å². The van der Waals surface area contributed by atoms with Crippen LogP contribution in [0.3, 0.4) is 0 Å². The number of rotatable bonds is 4. The van der Waals surface area contributed by atoms with Crippen LogP contribution in [-0.4, -0.2) is 39.5 Å². The maximum absolute atomic E-state index is 12.7. The summed E-state index contributed by atoms with van der Waals surface area (Å²) in [6, 6.07) is 7.33. The molecule has 2 heterocycles. The predicted molar refractivity (Wildman–Crippen MR) is 110 cm³/mol. The molecule has 1 atom stereocenters. The van der Waals surface area contributed by atoms with Crippen molar-refractivity contribution in [1.29, 1.82) is 0 Å². The zero-order valence-electron chi connectivity index (χ0n) is 15.7. The molecule has 0 aliphatic carbocycles. The fourth-order valence-corrected chi connectivity index (χ4v) is 4.08. The Morgan fingerprint density at radius 1 is 1.26 bits per heavy atom. The molecule has 1 aliphatic rings. The first-order chi connectivity index (χ1) is 12.7. The number of hydrogen-bond acceptors (Lipinski definition) is 5. The highest BCUT2D eigenvalue weighted by Gasteiger charge is 2.35. The second-order valence-corrected chi connectivity index (χ2v) is 9.78. The normalized spacial score (nSPS) is 17.2. The fourth-order valence-electron chi connectivity index (χ4n) is 3.06. The number of nitrogens with one attached hydrogen (secondary N) is 1. The first-order valence-corrected chi connectivity index (χ1v) is 10.5. The molecule has 1 aromatic carbocycles. The topological polar surface area (TPSA) is 75.2 Å². The molecule has 1 aliphatic heterocycles. The average Bonchev–Trinajstić information content (AvgIpc) is 3.23. The van der Waals surface area contributed by atoms with Gasteiger partial charge in [0.2, 0.25) is 16.9 Å². The highest BCUT2D eigenvalue weighted by atomic mass is 79.9. The molecule has 8 heteroatoms. The highest BCUT2D eigenvalue weighted by molar-refractivity contribution is 9.10. The first-order valence-electron chi connectivity index (χ1n) is 8.93. The quantitative estimate of drug-likeness (QED) is 0.751. The summed E-state index contributed by atoms with van der Waals surface area (Å²) < 4.78 is 0.991. The molecule has 0 spiro atoms. The van der Waals surface area contributed by atoms with Crippen molar-refractivity contribution >= 4 is 44.2 Å². The minimum atomic E-state index is -0.431. The molecule has 1 saturated heterocycles. The smallest absolute Gasteiger partial charge is 0.249 e. The van der Waals surface area contributed by atoms with Gasteiger partial charge in [0.1, 0.15) is 11.0 Å². The van der Waals surface area contributed by atoms with E-state index >= 15 is 0 Å². The number of aromatic nitrogens is 2. The summed E-state index contributed by atoms with van der Waals surface area (Å²) in [5, 5.41) is 12.3. The van der Waals surface area contributed by atoms with E-state index in [9.17, 15) is 9.59 Å². The van der Waals surface area contributed by atoms with E-state index in [1.165, 1.54) is 11.3 Å². The highest BCUT2D eigenvalue weighted by Crippen LogP contribution is 2.29. The van der Waals surface area contributed by atoms with Gasteiger partial charge in [0, 0.05) is 23.0 Å². The third-order valence-corrected chi connectivity index (χ3v) is 5.72. The number of benzene rings is 1. The van der Waals surface area contributed by atoms with E-state index in [1.807, 2.05) is 45.0 Å². The van der Waals surface area contributed by atoms with Crippen LogP contribution in [0.5, 0.6) is 0 Å². The van der Waals surface area contributed by atoms with Gasteiger partial charge in [0.15, 0.2) is 0 Å². The summed E-state index contributed by atoms with van der Waals surface area (Å²) in [4.78, 5) is 27.0. The molecule has 1 aromatic heterocycles. The molecule has 144 valence electrons. The molecule has 2 amide bonds. The Hall–Kier alpha value is -1.80. The fraction of sp³-hybridized carbons (Fsp3) is 0.474. The van der Waals surface area contributed by atoms with Crippen LogP contribution in [0, 0.1) is 5.41 Å².